The number of anilines is 2. The molecule has 2 unspecified atom stereocenters. The van der Waals surface area contributed by atoms with Gasteiger partial charge in [-0.05, 0) is 37.1 Å². The molecule has 6 aromatic carbocycles. The van der Waals surface area contributed by atoms with E-state index in [1.807, 2.05) is 12.3 Å². The molecule has 2 atom stereocenters. The summed E-state index contributed by atoms with van der Waals surface area (Å²) in [6, 6.07) is 57.5. The van der Waals surface area contributed by atoms with Crippen LogP contribution in [0.2, 0.25) is 0 Å². The van der Waals surface area contributed by atoms with Gasteiger partial charge in [0.05, 0.1) is 0 Å². The Morgan fingerprint density at radius 3 is 1.92 bits per heavy atom. The molecule has 0 radical (unpaired) electrons. The summed E-state index contributed by atoms with van der Waals surface area (Å²) in [5.41, 5.74) is 13.8. The van der Waals surface area contributed by atoms with Gasteiger partial charge in [-0.2, -0.15) is 0 Å². The molecule has 6 nitrogen and oxygen atoms in total. The third kappa shape index (κ3) is 7.90. The molecule has 0 bridgehead atoms. The van der Waals surface area contributed by atoms with Gasteiger partial charge in [0, 0.05) is 6.20 Å². The fraction of sp³-hybridized carbons (Fsp3) is 0.263. The topological polar surface area (TPSA) is 38.5 Å². The Morgan fingerprint density at radius 2 is 1.27 bits per heavy atom. The number of aromatic nitrogens is 3. The molecule has 0 aliphatic carbocycles. The number of pyridine rings is 1. The van der Waals surface area contributed by atoms with Crippen LogP contribution in [0, 0.1) is 21.9 Å². The molecule has 10 rings (SSSR count). The van der Waals surface area contributed by atoms with Crippen LogP contribution in [0.4, 0.5) is 11.5 Å². The summed E-state index contributed by atoms with van der Waals surface area (Å²) in [6.07, 6.45) is 3.12. The number of hydrogen-bond acceptors (Lipinski definition) is 4. The Bertz CT molecular complexity index is 3000. The molecule has 0 saturated carbocycles. The predicted molar refractivity (Wildman–Crippen MR) is 258 cm³/mol. The first-order valence-electron chi connectivity index (χ1n) is 22.5. The second kappa shape index (κ2) is 16.6. The predicted octanol–water partition coefficient (Wildman–Crippen LogP) is 13.4. The van der Waals surface area contributed by atoms with E-state index in [-0.39, 0.29) is 10.8 Å². The van der Waals surface area contributed by atoms with Crippen molar-refractivity contribution in [3.05, 3.63) is 178 Å². The standard InChI is InChI=1S/C57H55N5O.Pt/c1-56(2,3)42-27-29-58-54(33-42)60-36-41-28-30-59(7)37-50(41)47-26-25-46(35-53(47)60)63-45-22-16-21-44(34-45)61-38-62(52-24-15-14-23-51(52)61)55-48(39-17-10-8-11-18-39)31-43(57(4,5)6)32-49(55)40-19-12-9-13-20-40;/h8-27,29,31-33,41,50H,28,30,36-37H2,1-7H3;/q-2;. The molecule has 7 heteroatoms. The van der Waals surface area contributed by atoms with Crippen LogP contribution in [0.1, 0.15) is 70.6 Å². The Kier molecular flexibility index (Phi) is 11.0. The van der Waals surface area contributed by atoms with Crippen molar-refractivity contribution in [1.29, 1.82) is 0 Å². The average Bonchev–Trinajstić information content (AvgIpc) is 3.59. The van der Waals surface area contributed by atoms with E-state index in [1.165, 1.54) is 38.9 Å². The number of fused-ring (bicyclic) bond motifs is 4. The first-order chi connectivity index (χ1) is 30.8. The van der Waals surface area contributed by atoms with Crippen molar-refractivity contribution in [2.45, 2.75) is 64.7 Å². The minimum absolute atomic E-state index is 0.00927. The van der Waals surface area contributed by atoms with E-state index >= 15 is 0 Å². The third-order valence-electron chi connectivity index (χ3n) is 13.2. The van der Waals surface area contributed by atoms with Crippen molar-refractivity contribution in [2.75, 3.05) is 31.6 Å². The molecule has 64 heavy (non-hydrogen) atoms. The van der Waals surface area contributed by atoms with Crippen LogP contribution in [-0.4, -0.2) is 45.7 Å². The van der Waals surface area contributed by atoms with Crippen molar-refractivity contribution in [3.8, 4) is 45.1 Å². The molecule has 1 fully saturated rings. The summed E-state index contributed by atoms with van der Waals surface area (Å²) in [4.78, 5) is 9.80. The van der Waals surface area contributed by atoms with Gasteiger partial charge in [-0.15, -0.1) is 0 Å². The summed E-state index contributed by atoms with van der Waals surface area (Å²) < 4.78 is 12.5. The number of hydrogen-bond donors (Lipinski definition) is 0. The zero-order valence-electron chi connectivity index (χ0n) is 37.8. The molecule has 326 valence electrons. The first kappa shape index (κ1) is 42.2. The monoisotopic (exact) mass is 1020 g/mol. The van der Waals surface area contributed by atoms with E-state index in [4.69, 9.17) is 9.72 Å². The molecule has 0 N–H and O–H groups in total. The number of rotatable bonds is 7. The number of nitrogens with zero attached hydrogens (tertiary/aromatic N) is 5. The fourth-order valence-electron chi connectivity index (χ4n) is 9.64. The summed E-state index contributed by atoms with van der Waals surface area (Å²) in [5.74, 6) is 3.23. The quantitative estimate of drug-likeness (QED) is 0.149. The van der Waals surface area contributed by atoms with Crippen LogP contribution in [0.5, 0.6) is 11.5 Å². The number of likely N-dealkylation sites (tertiary alicyclic amines) is 1. The Labute approximate surface area is 389 Å². The summed E-state index contributed by atoms with van der Waals surface area (Å²) in [7, 11) is 2.24. The second-order valence-electron chi connectivity index (χ2n) is 19.6. The normalized spacial score (nSPS) is 16.7. The van der Waals surface area contributed by atoms with Gasteiger partial charge in [-0.25, -0.2) is 0 Å². The summed E-state index contributed by atoms with van der Waals surface area (Å²) >= 11 is 2.51. The number of benzene rings is 6. The molecule has 2 aromatic heterocycles. The van der Waals surface area contributed by atoms with E-state index in [2.05, 4.69) is 232 Å². The van der Waals surface area contributed by atoms with Gasteiger partial charge >= 0.3 is 322 Å². The minimum atomic E-state index is -0.0655. The maximum atomic E-state index is 6.78. The first-order valence-corrected chi connectivity index (χ1v) is 23.6. The van der Waals surface area contributed by atoms with Gasteiger partial charge in [0.1, 0.15) is 0 Å². The fourth-order valence-corrected chi connectivity index (χ4v) is 10.7. The van der Waals surface area contributed by atoms with Crippen molar-refractivity contribution >= 4 is 22.5 Å². The van der Waals surface area contributed by atoms with E-state index in [0.29, 0.717) is 23.3 Å². The molecule has 2 aliphatic rings. The van der Waals surface area contributed by atoms with Crippen LogP contribution in [0.25, 0.3) is 44.7 Å². The molecule has 4 heterocycles. The Balaban J connectivity index is 1.09. The third-order valence-corrected chi connectivity index (χ3v) is 14.2. The van der Waals surface area contributed by atoms with Crippen molar-refractivity contribution in [2.24, 2.45) is 5.92 Å². The van der Waals surface area contributed by atoms with Gasteiger partial charge in [-0.1, -0.05) is 20.8 Å². The van der Waals surface area contributed by atoms with Crippen LogP contribution < -0.4 is 9.64 Å². The van der Waals surface area contributed by atoms with Gasteiger partial charge in [-0.3, -0.25) is 0 Å². The summed E-state index contributed by atoms with van der Waals surface area (Å²) in [6.45, 7) is 16.7. The zero-order chi connectivity index (χ0) is 44.3. The number of piperidine rings is 1. The molecule has 8 aromatic rings. The van der Waals surface area contributed by atoms with Crippen LogP contribution in [0.15, 0.2) is 146 Å². The molecule has 1 saturated heterocycles. The molecule has 2 aliphatic heterocycles. The van der Waals surface area contributed by atoms with Crippen LogP contribution >= 0.6 is 0 Å². The van der Waals surface area contributed by atoms with E-state index in [0.717, 1.165) is 63.8 Å². The van der Waals surface area contributed by atoms with E-state index < -0.39 is 0 Å². The second-order valence-corrected chi connectivity index (χ2v) is 20.6. The SMILES string of the molecule is CN1CCC2CN(c3cc(C(C)(C)C)ccn3)c3[c-]c(Oc4[c-]c(-n5[c](=[Pt])n(-c6c(-c7ccccc7)cc(C(C)(C)C)cc6-c6ccccc6)c6ccccc65)ccc4)ccc3C2C1. The van der Waals surface area contributed by atoms with E-state index in [1.54, 1.807) is 0 Å². The molecular weight excluding hydrogens is 966 g/mol. The van der Waals surface area contributed by atoms with Gasteiger partial charge in [0.25, 0.3) is 0 Å². The number of imidazole rings is 1. The Morgan fingerprint density at radius 1 is 0.641 bits per heavy atom. The van der Waals surface area contributed by atoms with Crippen LogP contribution in [-0.2, 0) is 30.2 Å². The average molecular weight is 1020 g/mol. The van der Waals surface area contributed by atoms with Gasteiger partial charge < -0.3 is 4.90 Å². The number of likely N-dealkylation sites (N-methyl/N-ethyl adjacent to an activating group) is 1. The molecule has 0 amide bonds. The van der Waals surface area contributed by atoms with Gasteiger partial charge in [0.15, 0.2) is 0 Å². The number of ether oxygens (including phenoxy) is 1. The molecule has 0 spiro atoms. The number of para-hydroxylation sites is 2. The zero-order valence-corrected chi connectivity index (χ0v) is 40.1. The van der Waals surface area contributed by atoms with E-state index in [9.17, 15) is 0 Å². The summed E-state index contributed by atoms with van der Waals surface area (Å²) in [5, 5.41) is 0. The van der Waals surface area contributed by atoms with Crippen molar-refractivity contribution in [3.63, 3.8) is 0 Å². The molecular formula is C57H55N5OPt-2. The Hall–Kier alpha value is -5.81. The maximum absolute atomic E-state index is 6.78. The van der Waals surface area contributed by atoms with Gasteiger partial charge in [0.2, 0.25) is 0 Å². The van der Waals surface area contributed by atoms with Crippen LogP contribution in [0.3, 0.4) is 0 Å². The van der Waals surface area contributed by atoms with Crippen molar-refractivity contribution in [1.82, 2.24) is 19.0 Å². The van der Waals surface area contributed by atoms with Crippen molar-refractivity contribution < 1.29 is 24.1 Å².